The molecule has 0 aliphatic carbocycles. The summed E-state index contributed by atoms with van der Waals surface area (Å²) in [6.45, 7) is 4.74. The number of ether oxygens (including phenoxy) is 1. The predicted octanol–water partition coefficient (Wildman–Crippen LogP) is 2.23. The number of nitrogens with zero attached hydrogens (tertiary/aromatic N) is 1. The number of allylic oxidation sites excluding steroid dienone is 1. The summed E-state index contributed by atoms with van der Waals surface area (Å²) >= 11 is 1.07. The van der Waals surface area contributed by atoms with Crippen LogP contribution < -0.4 is 10.8 Å². The van der Waals surface area contributed by atoms with Gasteiger partial charge in [0.25, 0.3) is 5.91 Å². The maximum Gasteiger partial charge on any atom is 0.405 e. The lowest BCUT2D eigenvalue weighted by Crippen LogP contribution is -2.43. The molecule has 0 aromatic heterocycles. The summed E-state index contributed by atoms with van der Waals surface area (Å²) in [5, 5.41) is 33.0. The molecule has 0 saturated carbocycles. The van der Waals surface area contributed by atoms with E-state index in [0.717, 1.165) is 29.6 Å². The number of amides is 1. The number of benzene rings is 1. The number of nitrogens with two attached hydrogens (primary N) is 1. The van der Waals surface area contributed by atoms with Crippen LogP contribution in [-0.2, 0) is 34.5 Å². The maximum absolute atomic E-state index is 13.5. The largest absolute Gasteiger partial charge is 0.515 e. The van der Waals surface area contributed by atoms with Crippen LogP contribution in [0.3, 0.4) is 0 Å². The molecule has 1 saturated heterocycles. The molecule has 2 rings (SSSR count). The molecule has 1 aliphatic rings. The van der Waals surface area contributed by atoms with E-state index in [-0.39, 0.29) is 36.2 Å². The van der Waals surface area contributed by atoms with Crippen molar-refractivity contribution in [2.24, 2.45) is 16.1 Å². The van der Waals surface area contributed by atoms with Crippen molar-refractivity contribution in [2.75, 3.05) is 25.6 Å². The molecule has 14 heteroatoms. The summed E-state index contributed by atoms with van der Waals surface area (Å²) < 4.78 is 30.0. The topological polar surface area (TPSA) is 190 Å². The van der Waals surface area contributed by atoms with Crippen LogP contribution >= 0.6 is 19.5 Å². The summed E-state index contributed by atoms with van der Waals surface area (Å²) in [5.74, 6) is -0.613. The second kappa shape index (κ2) is 14.9. The SMILES string of the molecule is CC(C)(C)C(=O)SCCOP(=O)(NCc1ccccc1)OCC1OCC(O)(N=CC=CC(=CO)C(N)=O)C1O. The summed E-state index contributed by atoms with van der Waals surface area (Å²) in [6, 6.07) is 9.15. The Morgan fingerprint density at radius 1 is 1.31 bits per heavy atom. The van der Waals surface area contributed by atoms with Crippen molar-refractivity contribution >= 4 is 36.7 Å². The van der Waals surface area contributed by atoms with E-state index in [2.05, 4.69) is 10.1 Å². The Morgan fingerprint density at radius 3 is 2.62 bits per heavy atom. The van der Waals surface area contributed by atoms with Gasteiger partial charge in [0.05, 0.1) is 31.7 Å². The Labute approximate surface area is 231 Å². The Bertz CT molecular complexity index is 1110. The quantitative estimate of drug-likeness (QED) is 0.0537. The highest BCUT2D eigenvalue weighted by Gasteiger charge is 2.48. The van der Waals surface area contributed by atoms with Crippen molar-refractivity contribution in [3.63, 3.8) is 0 Å². The third-order valence-electron chi connectivity index (χ3n) is 5.34. The Morgan fingerprint density at radius 2 is 2.00 bits per heavy atom. The molecule has 4 atom stereocenters. The number of nitrogens with one attached hydrogen (secondary N) is 1. The molecule has 1 aromatic rings. The average Bonchev–Trinajstić information content (AvgIpc) is 3.17. The maximum atomic E-state index is 13.5. The normalized spacial score (nSPS) is 23.9. The first-order valence-electron chi connectivity index (χ1n) is 12.0. The molecule has 12 nitrogen and oxygen atoms in total. The number of aliphatic hydroxyl groups excluding tert-OH is 2. The minimum Gasteiger partial charge on any atom is -0.515 e. The molecule has 216 valence electrons. The third-order valence-corrected chi connectivity index (χ3v) is 8.14. The molecule has 1 heterocycles. The number of rotatable bonds is 14. The third kappa shape index (κ3) is 10.6. The lowest BCUT2D eigenvalue weighted by Gasteiger charge is -2.24. The lowest BCUT2D eigenvalue weighted by atomic mass is 10.00. The monoisotopic (exact) mass is 585 g/mol. The van der Waals surface area contributed by atoms with E-state index in [1.165, 1.54) is 6.08 Å². The lowest BCUT2D eigenvalue weighted by molar-refractivity contribution is -0.117. The minimum atomic E-state index is -3.93. The van der Waals surface area contributed by atoms with Gasteiger partial charge in [-0.2, -0.15) is 0 Å². The highest BCUT2D eigenvalue weighted by Crippen LogP contribution is 2.45. The molecule has 0 radical (unpaired) electrons. The Hall–Kier alpha value is -2.35. The van der Waals surface area contributed by atoms with Crippen LogP contribution in [0.5, 0.6) is 0 Å². The standard InChI is InChI=1S/C25H36N3O9PS/c1-24(2,3)23(32)39-13-12-36-38(34,28-14-18-8-5-4-6-9-18)37-16-20-21(30)25(33,17-35-20)27-11-7-10-19(15-29)22(26)31/h4-11,15,20-21,29-30,33H,12-14,16-17H2,1-3H3,(H2,26,31)(H,28,34). The van der Waals surface area contributed by atoms with E-state index < -0.39 is 43.6 Å². The van der Waals surface area contributed by atoms with E-state index in [0.29, 0.717) is 6.26 Å². The van der Waals surface area contributed by atoms with Crippen molar-refractivity contribution in [3.8, 4) is 0 Å². The molecular formula is C25H36N3O9PS. The fraction of sp³-hybridized carbons (Fsp3) is 0.480. The zero-order chi connectivity index (χ0) is 29.1. The molecule has 6 N–H and O–H groups in total. The fourth-order valence-corrected chi connectivity index (χ4v) is 5.27. The number of carbonyl (C=O) groups is 2. The van der Waals surface area contributed by atoms with Gasteiger partial charge < -0.3 is 25.8 Å². The number of hydrogen-bond donors (Lipinski definition) is 5. The minimum absolute atomic E-state index is 0.0329. The molecule has 39 heavy (non-hydrogen) atoms. The van der Waals surface area contributed by atoms with Crippen LogP contribution in [0.1, 0.15) is 26.3 Å². The fourth-order valence-electron chi connectivity index (χ4n) is 3.06. The van der Waals surface area contributed by atoms with Gasteiger partial charge in [-0.3, -0.25) is 23.6 Å². The van der Waals surface area contributed by atoms with Gasteiger partial charge in [0.2, 0.25) is 5.72 Å². The van der Waals surface area contributed by atoms with Gasteiger partial charge >= 0.3 is 7.75 Å². The molecule has 1 aliphatic heterocycles. The average molecular weight is 586 g/mol. The highest BCUT2D eigenvalue weighted by molar-refractivity contribution is 8.13. The Kier molecular flexibility index (Phi) is 12.5. The van der Waals surface area contributed by atoms with Gasteiger partial charge in [0, 0.05) is 23.9 Å². The van der Waals surface area contributed by atoms with Crippen LogP contribution in [0.25, 0.3) is 0 Å². The van der Waals surface area contributed by atoms with Gasteiger partial charge in [-0.1, -0.05) is 62.9 Å². The van der Waals surface area contributed by atoms with Crippen LogP contribution in [-0.4, -0.2) is 76.1 Å². The zero-order valence-electron chi connectivity index (χ0n) is 22.1. The van der Waals surface area contributed by atoms with Crippen LogP contribution in [0.4, 0.5) is 0 Å². The molecular weight excluding hydrogens is 549 g/mol. The van der Waals surface area contributed by atoms with Crippen LogP contribution in [0, 0.1) is 5.41 Å². The molecule has 1 amide bonds. The van der Waals surface area contributed by atoms with Gasteiger partial charge in [0.1, 0.15) is 12.2 Å². The number of thioether (sulfide) groups is 1. The van der Waals surface area contributed by atoms with Crippen LogP contribution in [0.2, 0.25) is 0 Å². The van der Waals surface area contributed by atoms with E-state index in [4.69, 9.17) is 24.6 Å². The van der Waals surface area contributed by atoms with Crippen molar-refractivity contribution in [2.45, 2.75) is 45.2 Å². The first-order chi connectivity index (χ1) is 18.3. The van der Waals surface area contributed by atoms with Crippen molar-refractivity contribution in [1.82, 2.24) is 5.09 Å². The van der Waals surface area contributed by atoms with E-state index >= 15 is 0 Å². The van der Waals surface area contributed by atoms with Gasteiger partial charge in [-0.05, 0) is 17.7 Å². The van der Waals surface area contributed by atoms with E-state index in [9.17, 15) is 24.4 Å². The van der Waals surface area contributed by atoms with Gasteiger partial charge in [0.15, 0.2) is 5.12 Å². The summed E-state index contributed by atoms with van der Waals surface area (Å²) in [5.41, 5.74) is 3.13. The van der Waals surface area contributed by atoms with Crippen LogP contribution in [0.15, 0.2) is 59.3 Å². The number of carbonyl (C=O) groups excluding carboxylic acids is 2. The van der Waals surface area contributed by atoms with Gasteiger partial charge in [-0.25, -0.2) is 9.65 Å². The summed E-state index contributed by atoms with van der Waals surface area (Å²) in [6.07, 6.45) is 1.39. The number of hydrogen-bond acceptors (Lipinski definition) is 11. The number of aliphatic imine (C=N–C) groups is 1. The van der Waals surface area contributed by atoms with E-state index in [1.807, 2.05) is 30.3 Å². The van der Waals surface area contributed by atoms with Gasteiger partial charge in [-0.15, -0.1) is 0 Å². The molecule has 0 bridgehead atoms. The number of primary amides is 1. The molecule has 4 unspecified atom stereocenters. The first kappa shape index (κ1) is 32.9. The highest BCUT2D eigenvalue weighted by atomic mass is 32.2. The Balaban J connectivity index is 2.00. The second-order valence-electron chi connectivity index (χ2n) is 9.59. The smallest absolute Gasteiger partial charge is 0.405 e. The van der Waals surface area contributed by atoms with Crippen molar-refractivity contribution in [3.05, 3.63) is 59.9 Å². The van der Waals surface area contributed by atoms with Crippen molar-refractivity contribution in [1.29, 1.82) is 0 Å². The summed E-state index contributed by atoms with van der Waals surface area (Å²) in [4.78, 5) is 27.1. The molecule has 0 spiro atoms. The number of aliphatic hydroxyl groups is 3. The van der Waals surface area contributed by atoms with Crippen molar-refractivity contribution < 1.29 is 43.3 Å². The molecule has 1 fully saturated rings. The summed E-state index contributed by atoms with van der Waals surface area (Å²) in [7, 11) is -3.93. The second-order valence-corrected chi connectivity index (χ2v) is 12.5. The molecule has 1 aromatic carbocycles. The zero-order valence-corrected chi connectivity index (χ0v) is 23.8. The predicted molar refractivity (Wildman–Crippen MR) is 148 cm³/mol. The first-order valence-corrected chi connectivity index (χ1v) is 14.6. The van der Waals surface area contributed by atoms with E-state index in [1.54, 1.807) is 20.8 Å².